The largest absolute Gasteiger partial charge is 0.497 e. The van der Waals surface area contributed by atoms with Crippen LogP contribution in [0.5, 0.6) is 11.5 Å². The molecule has 0 radical (unpaired) electrons. The Morgan fingerprint density at radius 3 is 2.36 bits per heavy atom. The van der Waals surface area contributed by atoms with Gasteiger partial charge in [0.25, 0.3) is 5.91 Å². The number of methoxy groups -OCH3 is 2. The van der Waals surface area contributed by atoms with Gasteiger partial charge < -0.3 is 9.47 Å². The van der Waals surface area contributed by atoms with Crippen LogP contribution in [0.2, 0.25) is 0 Å². The molecule has 1 heterocycles. The van der Waals surface area contributed by atoms with E-state index in [4.69, 9.17) is 9.47 Å². The van der Waals surface area contributed by atoms with E-state index in [0.717, 1.165) is 32.8 Å². The highest BCUT2D eigenvalue weighted by atomic mass is 79.9. The second-order valence-corrected chi connectivity index (χ2v) is 11.4. The van der Waals surface area contributed by atoms with Gasteiger partial charge in [-0.25, -0.2) is 5.43 Å². The number of aromatic nitrogens is 3. The second kappa shape index (κ2) is 12.5. The molecule has 0 aliphatic carbocycles. The van der Waals surface area contributed by atoms with E-state index in [1.54, 1.807) is 20.4 Å². The number of carbonyl (C=O) groups is 1. The van der Waals surface area contributed by atoms with E-state index >= 15 is 0 Å². The Morgan fingerprint density at radius 2 is 1.74 bits per heavy atom. The van der Waals surface area contributed by atoms with Crippen molar-refractivity contribution in [3.63, 3.8) is 0 Å². The minimum absolute atomic E-state index is 0.0446. The van der Waals surface area contributed by atoms with E-state index in [1.165, 1.54) is 17.3 Å². The minimum atomic E-state index is -0.260. The fourth-order valence-corrected chi connectivity index (χ4v) is 5.04. The standard InChI is InChI=1S/C29H30BrN5O3S/c1-29(2,3)21-9-7-20(8-10-21)27-33-34-28(35(27)22-11-13-23(37-4)14-12-22)39-18-26(36)32-31-17-19-6-15-25(38-5)24(30)16-19/h6-17H,18H2,1-5H3,(H,32,36)/b31-17-. The summed E-state index contributed by atoms with van der Waals surface area (Å²) in [6, 6.07) is 21.5. The van der Waals surface area contributed by atoms with Gasteiger partial charge in [-0.1, -0.05) is 56.8 Å². The van der Waals surface area contributed by atoms with Crippen molar-refractivity contribution in [3.8, 4) is 28.6 Å². The number of hydrazone groups is 1. The number of carbonyl (C=O) groups excluding carboxylic acids is 1. The minimum Gasteiger partial charge on any atom is -0.497 e. The summed E-state index contributed by atoms with van der Waals surface area (Å²) in [4.78, 5) is 12.6. The maximum atomic E-state index is 12.6. The van der Waals surface area contributed by atoms with E-state index < -0.39 is 0 Å². The third-order valence-electron chi connectivity index (χ3n) is 5.88. The highest BCUT2D eigenvalue weighted by Crippen LogP contribution is 2.31. The van der Waals surface area contributed by atoms with Crippen LogP contribution in [0.25, 0.3) is 17.1 Å². The number of nitrogens with one attached hydrogen (secondary N) is 1. The van der Waals surface area contributed by atoms with Crippen LogP contribution in [0, 0.1) is 0 Å². The Hall–Kier alpha value is -3.63. The zero-order chi connectivity index (χ0) is 28.0. The van der Waals surface area contributed by atoms with Gasteiger partial charge in [0.05, 0.1) is 30.7 Å². The lowest BCUT2D eigenvalue weighted by molar-refractivity contribution is -0.118. The smallest absolute Gasteiger partial charge is 0.250 e. The summed E-state index contributed by atoms with van der Waals surface area (Å²) in [5, 5.41) is 13.6. The van der Waals surface area contributed by atoms with Gasteiger partial charge >= 0.3 is 0 Å². The summed E-state index contributed by atoms with van der Waals surface area (Å²) >= 11 is 4.73. The fraction of sp³-hybridized carbons (Fsp3) is 0.241. The summed E-state index contributed by atoms with van der Waals surface area (Å²) in [6.07, 6.45) is 1.58. The van der Waals surface area contributed by atoms with Crippen LogP contribution in [-0.2, 0) is 10.2 Å². The maximum Gasteiger partial charge on any atom is 0.250 e. The number of nitrogens with zero attached hydrogens (tertiary/aromatic N) is 4. The molecule has 0 fully saturated rings. The Labute approximate surface area is 241 Å². The monoisotopic (exact) mass is 607 g/mol. The molecule has 0 atom stereocenters. The van der Waals surface area contributed by atoms with E-state index in [0.29, 0.717) is 11.0 Å². The molecule has 0 saturated heterocycles. The normalized spacial score (nSPS) is 11.5. The molecular weight excluding hydrogens is 578 g/mol. The highest BCUT2D eigenvalue weighted by Gasteiger charge is 2.19. The van der Waals surface area contributed by atoms with E-state index in [9.17, 15) is 4.79 Å². The molecule has 1 amide bonds. The molecule has 0 spiro atoms. The molecular formula is C29H30BrN5O3S. The van der Waals surface area contributed by atoms with E-state index in [1.807, 2.05) is 47.0 Å². The van der Waals surface area contributed by atoms with Gasteiger partial charge in [-0.2, -0.15) is 5.10 Å². The number of hydrogen-bond donors (Lipinski definition) is 1. The van der Waals surface area contributed by atoms with Gasteiger partial charge in [0.2, 0.25) is 0 Å². The first-order chi connectivity index (χ1) is 18.7. The van der Waals surface area contributed by atoms with E-state index in [-0.39, 0.29) is 17.1 Å². The average molecular weight is 609 g/mol. The van der Waals surface area contributed by atoms with Crippen molar-refractivity contribution >= 4 is 39.8 Å². The topological polar surface area (TPSA) is 90.6 Å². The first-order valence-electron chi connectivity index (χ1n) is 12.2. The third-order valence-corrected chi connectivity index (χ3v) is 7.43. The van der Waals surface area contributed by atoms with Gasteiger partial charge in [0.1, 0.15) is 11.5 Å². The number of ether oxygens (including phenoxy) is 2. The zero-order valence-corrected chi connectivity index (χ0v) is 24.8. The average Bonchev–Trinajstić information content (AvgIpc) is 3.35. The summed E-state index contributed by atoms with van der Waals surface area (Å²) in [6.45, 7) is 6.55. The zero-order valence-electron chi connectivity index (χ0n) is 22.4. The summed E-state index contributed by atoms with van der Waals surface area (Å²) < 4.78 is 13.3. The molecule has 3 aromatic carbocycles. The van der Waals surface area contributed by atoms with Crippen LogP contribution in [0.3, 0.4) is 0 Å². The van der Waals surface area contributed by atoms with Gasteiger partial charge in [0.15, 0.2) is 11.0 Å². The molecule has 39 heavy (non-hydrogen) atoms. The Bertz CT molecular complexity index is 1460. The number of rotatable bonds is 9. The van der Waals surface area contributed by atoms with Crippen LogP contribution in [0.4, 0.5) is 0 Å². The van der Waals surface area contributed by atoms with Gasteiger partial charge in [-0.05, 0) is 74.9 Å². The molecule has 0 unspecified atom stereocenters. The van der Waals surface area contributed by atoms with Crippen molar-refractivity contribution in [3.05, 3.63) is 82.3 Å². The highest BCUT2D eigenvalue weighted by molar-refractivity contribution is 9.10. The van der Waals surface area contributed by atoms with Crippen LogP contribution in [0.15, 0.2) is 81.5 Å². The van der Waals surface area contributed by atoms with Gasteiger partial charge in [0, 0.05) is 11.3 Å². The van der Waals surface area contributed by atoms with Crippen molar-refractivity contribution in [2.45, 2.75) is 31.3 Å². The summed E-state index contributed by atoms with van der Waals surface area (Å²) in [5.41, 5.74) is 6.46. The molecule has 0 bridgehead atoms. The predicted octanol–water partition coefficient (Wildman–Crippen LogP) is 6.25. The van der Waals surface area contributed by atoms with Crippen LogP contribution in [-0.4, -0.2) is 46.9 Å². The molecule has 0 aliphatic heterocycles. The summed E-state index contributed by atoms with van der Waals surface area (Å²) in [7, 11) is 3.23. The Morgan fingerprint density at radius 1 is 1.03 bits per heavy atom. The fourth-order valence-electron chi connectivity index (χ4n) is 3.74. The molecule has 0 aliphatic rings. The molecule has 4 aromatic rings. The molecule has 8 nitrogen and oxygen atoms in total. The predicted molar refractivity (Wildman–Crippen MR) is 159 cm³/mol. The molecule has 1 N–H and O–H groups in total. The van der Waals surface area contributed by atoms with E-state index in [2.05, 4.69) is 81.7 Å². The molecule has 202 valence electrons. The van der Waals surface area contributed by atoms with Crippen LogP contribution >= 0.6 is 27.7 Å². The number of thioether (sulfide) groups is 1. The number of halogens is 1. The summed E-state index contributed by atoms with van der Waals surface area (Å²) in [5.74, 6) is 2.01. The van der Waals surface area contributed by atoms with Crippen LogP contribution < -0.4 is 14.9 Å². The van der Waals surface area contributed by atoms with Crippen molar-refractivity contribution in [1.82, 2.24) is 20.2 Å². The number of benzene rings is 3. The van der Waals surface area contributed by atoms with Crippen molar-refractivity contribution < 1.29 is 14.3 Å². The second-order valence-electron chi connectivity index (χ2n) is 9.64. The van der Waals surface area contributed by atoms with Crippen molar-refractivity contribution in [2.75, 3.05) is 20.0 Å². The van der Waals surface area contributed by atoms with Crippen molar-refractivity contribution in [2.24, 2.45) is 5.10 Å². The third kappa shape index (κ3) is 7.07. The maximum absolute atomic E-state index is 12.6. The lowest BCUT2D eigenvalue weighted by Gasteiger charge is -2.19. The Kier molecular flexibility index (Phi) is 9.08. The molecule has 10 heteroatoms. The first-order valence-corrected chi connectivity index (χ1v) is 14.0. The first kappa shape index (κ1) is 28.4. The number of hydrogen-bond acceptors (Lipinski definition) is 7. The van der Waals surface area contributed by atoms with Crippen LogP contribution in [0.1, 0.15) is 31.9 Å². The quantitative estimate of drug-likeness (QED) is 0.137. The lowest BCUT2D eigenvalue weighted by Crippen LogP contribution is -2.20. The van der Waals surface area contributed by atoms with Gasteiger partial charge in [-0.3, -0.25) is 9.36 Å². The van der Waals surface area contributed by atoms with Crippen molar-refractivity contribution in [1.29, 1.82) is 0 Å². The molecule has 1 aromatic heterocycles. The molecule has 4 rings (SSSR count). The SMILES string of the molecule is COc1ccc(-n2c(SCC(=O)N/N=C\c3ccc(OC)c(Br)c3)nnc2-c2ccc(C(C)(C)C)cc2)cc1. The van der Waals surface area contributed by atoms with Gasteiger partial charge in [-0.15, -0.1) is 10.2 Å². The number of amides is 1. The lowest BCUT2D eigenvalue weighted by atomic mass is 9.87. The Balaban J connectivity index is 1.52. The molecule has 0 saturated carbocycles.